The average molecular weight is 263 g/mol. The SMILES string of the molecule is CCNC1COCC1C(=O)N(C)Cc1cccnc1. The van der Waals surface area contributed by atoms with Gasteiger partial charge in [0.2, 0.25) is 5.91 Å². The first-order chi connectivity index (χ1) is 9.22. The molecule has 0 aromatic carbocycles. The highest BCUT2D eigenvalue weighted by Crippen LogP contribution is 2.17. The number of rotatable bonds is 5. The molecule has 2 rings (SSSR count). The number of aromatic nitrogens is 1. The molecule has 1 amide bonds. The number of ether oxygens (including phenoxy) is 1. The third-order valence-corrected chi connectivity index (χ3v) is 3.38. The monoisotopic (exact) mass is 263 g/mol. The number of nitrogens with one attached hydrogen (secondary N) is 1. The van der Waals surface area contributed by atoms with Crippen LogP contribution in [-0.2, 0) is 16.1 Å². The Kier molecular flexibility index (Phi) is 4.87. The smallest absolute Gasteiger partial charge is 0.229 e. The molecule has 2 heterocycles. The number of carbonyl (C=O) groups excluding carboxylic acids is 1. The first-order valence-electron chi connectivity index (χ1n) is 6.67. The van der Waals surface area contributed by atoms with Gasteiger partial charge in [0.1, 0.15) is 0 Å². The molecule has 0 spiro atoms. The molecule has 1 aliphatic rings. The Bertz CT molecular complexity index is 410. The number of amides is 1. The molecule has 5 heteroatoms. The van der Waals surface area contributed by atoms with E-state index in [0.29, 0.717) is 19.8 Å². The Hall–Kier alpha value is -1.46. The van der Waals surface area contributed by atoms with E-state index >= 15 is 0 Å². The van der Waals surface area contributed by atoms with Crippen LogP contribution in [-0.4, -0.2) is 48.6 Å². The van der Waals surface area contributed by atoms with Gasteiger partial charge in [0.05, 0.1) is 19.1 Å². The highest BCUT2D eigenvalue weighted by Gasteiger charge is 2.35. The zero-order valence-corrected chi connectivity index (χ0v) is 11.5. The lowest BCUT2D eigenvalue weighted by molar-refractivity contribution is -0.135. The molecule has 1 N–H and O–H groups in total. The van der Waals surface area contributed by atoms with E-state index in [-0.39, 0.29) is 17.9 Å². The second kappa shape index (κ2) is 6.63. The summed E-state index contributed by atoms with van der Waals surface area (Å²) in [6.07, 6.45) is 3.52. The maximum absolute atomic E-state index is 12.4. The van der Waals surface area contributed by atoms with Gasteiger partial charge in [-0.05, 0) is 18.2 Å². The number of nitrogens with zero attached hydrogens (tertiary/aromatic N) is 2. The van der Waals surface area contributed by atoms with Crippen LogP contribution in [0.25, 0.3) is 0 Å². The molecular weight excluding hydrogens is 242 g/mol. The van der Waals surface area contributed by atoms with Gasteiger partial charge in [0, 0.05) is 32.0 Å². The normalized spacial score (nSPS) is 22.4. The van der Waals surface area contributed by atoms with E-state index in [1.807, 2.05) is 26.1 Å². The van der Waals surface area contributed by atoms with Crippen LogP contribution in [0, 0.1) is 5.92 Å². The fourth-order valence-electron chi connectivity index (χ4n) is 2.39. The van der Waals surface area contributed by atoms with E-state index < -0.39 is 0 Å². The fourth-order valence-corrected chi connectivity index (χ4v) is 2.39. The van der Waals surface area contributed by atoms with Crippen molar-refractivity contribution >= 4 is 5.91 Å². The molecule has 104 valence electrons. The molecule has 5 nitrogen and oxygen atoms in total. The van der Waals surface area contributed by atoms with Crippen LogP contribution in [0.2, 0.25) is 0 Å². The van der Waals surface area contributed by atoms with Crippen molar-refractivity contribution in [3.05, 3.63) is 30.1 Å². The van der Waals surface area contributed by atoms with E-state index in [0.717, 1.165) is 12.1 Å². The molecule has 19 heavy (non-hydrogen) atoms. The van der Waals surface area contributed by atoms with Crippen molar-refractivity contribution in [1.29, 1.82) is 0 Å². The number of carbonyl (C=O) groups is 1. The van der Waals surface area contributed by atoms with E-state index in [4.69, 9.17) is 4.74 Å². The van der Waals surface area contributed by atoms with Crippen molar-refractivity contribution in [3.8, 4) is 0 Å². The molecule has 0 aliphatic carbocycles. The van der Waals surface area contributed by atoms with Crippen molar-refractivity contribution < 1.29 is 9.53 Å². The zero-order chi connectivity index (χ0) is 13.7. The summed E-state index contributed by atoms with van der Waals surface area (Å²) in [5.41, 5.74) is 1.04. The number of pyridine rings is 1. The summed E-state index contributed by atoms with van der Waals surface area (Å²) in [6.45, 7) is 4.60. The van der Waals surface area contributed by atoms with Crippen molar-refractivity contribution in [2.75, 3.05) is 26.8 Å². The highest BCUT2D eigenvalue weighted by molar-refractivity contribution is 5.79. The lowest BCUT2D eigenvalue weighted by Crippen LogP contribution is -2.44. The molecule has 2 atom stereocenters. The van der Waals surface area contributed by atoms with Gasteiger partial charge in [-0.3, -0.25) is 9.78 Å². The summed E-state index contributed by atoms with van der Waals surface area (Å²) in [5.74, 6) is 0.0499. The van der Waals surface area contributed by atoms with Crippen LogP contribution in [0.3, 0.4) is 0 Å². The zero-order valence-electron chi connectivity index (χ0n) is 11.5. The predicted octanol–water partition coefficient (Wildman–Crippen LogP) is 0.665. The molecule has 0 radical (unpaired) electrons. The highest BCUT2D eigenvalue weighted by atomic mass is 16.5. The molecule has 1 aromatic rings. The van der Waals surface area contributed by atoms with Gasteiger partial charge in [-0.1, -0.05) is 13.0 Å². The summed E-state index contributed by atoms with van der Waals surface area (Å²) < 4.78 is 5.42. The van der Waals surface area contributed by atoms with Gasteiger partial charge in [-0.15, -0.1) is 0 Å². The summed E-state index contributed by atoms with van der Waals surface area (Å²) in [5, 5.41) is 3.31. The molecule has 0 saturated carbocycles. The van der Waals surface area contributed by atoms with Crippen molar-refractivity contribution in [2.24, 2.45) is 5.92 Å². The third-order valence-electron chi connectivity index (χ3n) is 3.38. The Labute approximate surface area is 114 Å². The standard InChI is InChI=1S/C14H21N3O2/c1-3-16-13-10-19-9-12(13)14(18)17(2)8-11-5-4-6-15-7-11/h4-7,12-13,16H,3,8-10H2,1-2H3. The number of hydrogen-bond acceptors (Lipinski definition) is 4. The largest absolute Gasteiger partial charge is 0.379 e. The van der Waals surface area contributed by atoms with Crippen LogP contribution in [0.15, 0.2) is 24.5 Å². The van der Waals surface area contributed by atoms with E-state index in [1.165, 1.54) is 0 Å². The van der Waals surface area contributed by atoms with Gasteiger partial charge in [-0.2, -0.15) is 0 Å². The quantitative estimate of drug-likeness (QED) is 0.848. The van der Waals surface area contributed by atoms with Crippen molar-refractivity contribution in [2.45, 2.75) is 19.5 Å². The van der Waals surface area contributed by atoms with E-state index in [9.17, 15) is 4.79 Å². The lowest BCUT2D eigenvalue weighted by atomic mass is 10.0. The summed E-state index contributed by atoms with van der Waals surface area (Å²) in [4.78, 5) is 18.2. The number of hydrogen-bond donors (Lipinski definition) is 1. The van der Waals surface area contributed by atoms with Gasteiger partial charge in [0.25, 0.3) is 0 Å². The maximum atomic E-state index is 12.4. The Morgan fingerprint density at radius 2 is 2.42 bits per heavy atom. The minimum atomic E-state index is -0.0818. The van der Waals surface area contributed by atoms with Gasteiger partial charge in [0.15, 0.2) is 0 Å². The van der Waals surface area contributed by atoms with E-state index in [1.54, 1.807) is 17.3 Å². The van der Waals surface area contributed by atoms with Gasteiger partial charge < -0.3 is 15.0 Å². The predicted molar refractivity (Wildman–Crippen MR) is 72.5 cm³/mol. The Morgan fingerprint density at radius 3 is 3.11 bits per heavy atom. The molecule has 1 saturated heterocycles. The fraction of sp³-hybridized carbons (Fsp3) is 0.571. The maximum Gasteiger partial charge on any atom is 0.229 e. The summed E-state index contributed by atoms with van der Waals surface area (Å²) in [7, 11) is 1.83. The molecule has 1 aliphatic heterocycles. The topological polar surface area (TPSA) is 54.5 Å². The summed E-state index contributed by atoms with van der Waals surface area (Å²) >= 11 is 0. The Morgan fingerprint density at radius 1 is 1.58 bits per heavy atom. The molecule has 1 fully saturated rings. The lowest BCUT2D eigenvalue weighted by Gasteiger charge is -2.24. The minimum Gasteiger partial charge on any atom is -0.379 e. The summed E-state index contributed by atoms with van der Waals surface area (Å²) in [6, 6.07) is 3.99. The first kappa shape index (κ1) is 14.0. The molecule has 1 aromatic heterocycles. The van der Waals surface area contributed by atoms with E-state index in [2.05, 4.69) is 10.3 Å². The van der Waals surface area contributed by atoms with Crippen LogP contribution in [0.4, 0.5) is 0 Å². The minimum absolute atomic E-state index is 0.0818. The van der Waals surface area contributed by atoms with Crippen molar-refractivity contribution in [3.63, 3.8) is 0 Å². The van der Waals surface area contributed by atoms with Crippen LogP contribution in [0.5, 0.6) is 0 Å². The van der Waals surface area contributed by atoms with Crippen molar-refractivity contribution in [1.82, 2.24) is 15.2 Å². The van der Waals surface area contributed by atoms with Gasteiger partial charge in [-0.25, -0.2) is 0 Å². The van der Waals surface area contributed by atoms with Crippen LogP contribution >= 0.6 is 0 Å². The van der Waals surface area contributed by atoms with Crippen LogP contribution in [0.1, 0.15) is 12.5 Å². The second-order valence-electron chi connectivity index (χ2n) is 4.86. The molecular formula is C14H21N3O2. The second-order valence-corrected chi connectivity index (χ2v) is 4.86. The third kappa shape index (κ3) is 3.52. The molecule has 0 bridgehead atoms. The Balaban J connectivity index is 1.95. The molecule has 2 unspecified atom stereocenters. The average Bonchev–Trinajstić information content (AvgIpc) is 2.87. The number of likely N-dealkylation sites (N-methyl/N-ethyl adjacent to an activating group) is 1. The first-order valence-corrected chi connectivity index (χ1v) is 6.67. The van der Waals surface area contributed by atoms with Crippen LogP contribution < -0.4 is 5.32 Å². The van der Waals surface area contributed by atoms with Gasteiger partial charge >= 0.3 is 0 Å².